The maximum absolute atomic E-state index is 6.18. The Hall–Kier alpha value is -2.59. The largest absolute Gasteiger partial charge is 0.346 e. The second-order valence-electron chi connectivity index (χ2n) is 5.40. The van der Waals surface area contributed by atoms with Gasteiger partial charge in [-0.15, -0.1) is 0 Å². The number of nitrogens with zero attached hydrogens (tertiary/aromatic N) is 3. The first-order valence-corrected chi connectivity index (χ1v) is 7.89. The van der Waals surface area contributed by atoms with Crippen molar-refractivity contribution in [3.8, 4) is 16.9 Å². The molecule has 0 amide bonds. The van der Waals surface area contributed by atoms with Crippen LogP contribution < -0.4 is 0 Å². The van der Waals surface area contributed by atoms with E-state index in [1.54, 1.807) is 6.33 Å². The van der Waals surface area contributed by atoms with Crippen molar-refractivity contribution in [1.29, 1.82) is 0 Å². The van der Waals surface area contributed by atoms with Gasteiger partial charge in [-0.2, -0.15) is 0 Å². The van der Waals surface area contributed by atoms with Crippen molar-refractivity contribution in [2.45, 2.75) is 13.3 Å². The first-order chi connectivity index (χ1) is 11.3. The Kier molecular flexibility index (Phi) is 3.39. The number of aromatic nitrogens is 4. The Bertz CT molecular complexity index is 984. The SMILES string of the molecule is CCc1ccc(Cl)cc1-c1ccn(-c2ncnc3[nH]ccc23)c1. The van der Waals surface area contributed by atoms with Crippen LogP contribution in [0.5, 0.6) is 0 Å². The monoisotopic (exact) mass is 322 g/mol. The summed E-state index contributed by atoms with van der Waals surface area (Å²) in [6, 6.07) is 10.1. The van der Waals surface area contributed by atoms with Crippen LogP contribution in [0.1, 0.15) is 12.5 Å². The summed E-state index contributed by atoms with van der Waals surface area (Å²) < 4.78 is 2.02. The second kappa shape index (κ2) is 5.56. The van der Waals surface area contributed by atoms with Crippen LogP contribution in [-0.4, -0.2) is 19.5 Å². The zero-order chi connectivity index (χ0) is 15.8. The second-order valence-corrected chi connectivity index (χ2v) is 5.84. The minimum atomic E-state index is 0.750. The molecule has 0 aliphatic carbocycles. The molecule has 0 radical (unpaired) electrons. The van der Waals surface area contributed by atoms with E-state index in [0.717, 1.165) is 39.4 Å². The highest BCUT2D eigenvalue weighted by Gasteiger charge is 2.10. The maximum Gasteiger partial charge on any atom is 0.149 e. The zero-order valence-electron chi connectivity index (χ0n) is 12.6. The number of benzene rings is 1. The molecule has 0 fully saturated rings. The Balaban J connectivity index is 1.84. The molecule has 0 saturated heterocycles. The molecule has 0 aliphatic heterocycles. The average molecular weight is 323 g/mol. The van der Waals surface area contributed by atoms with E-state index in [1.165, 1.54) is 5.56 Å². The minimum Gasteiger partial charge on any atom is -0.346 e. The van der Waals surface area contributed by atoms with E-state index in [1.807, 2.05) is 35.2 Å². The summed E-state index contributed by atoms with van der Waals surface area (Å²) in [6.45, 7) is 2.15. The standard InChI is InChI=1S/C18H15ClN4/c1-2-12-3-4-14(19)9-16(12)13-6-8-23(10-13)18-15-5-7-20-17(15)21-11-22-18/h3-11H,2H2,1H3,(H,20,21,22). The van der Waals surface area contributed by atoms with E-state index in [4.69, 9.17) is 11.6 Å². The molecule has 0 aliphatic rings. The van der Waals surface area contributed by atoms with Crippen LogP contribution in [0.25, 0.3) is 28.0 Å². The van der Waals surface area contributed by atoms with Gasteiger partial charge in [0.15, 0.2) is 0 Å². The Morgan fingerprint density at radius 1 is 1.17 bits per heavy atom. The van der Waals surface area contributed by atoms with Crippen molar-refractivity contribution in [3.63, 3.8) is 0 Å². The van der Waals surface area contributed by atoms with Crippen LogP contribution in [0.4, 0.5) is 0 Å². The van der Waals surface area contributed by atoms with Crippen LogP contribution in [0.3, 0.4) is 0 Å². The maximum atomic E-state index is 6.18. The molecule has 5 heteroatoms. The number of rotatable bonds is 3. The summed E-state index contributed by atoms with van der Waals surface area (Å²) in [5.41, 5.74) is 4.41. The molecule has 0 unspecified atom stereocenters. The van der Waals surface area contributed by atoms with Crippen LogP contribution >= 0.6 is 11.6 Å². The van der Waals surface area contributed by atoms with Crippen molar-refractivity contribution in [1.82, 2.24) is 19.5 Å². The number of aryl methyl sites for hydroxylation is 1. The van der Waals surface area contributed by atoms with Crippen molar-refractivity contribution >= 4 is 22.6 Å². The van der Waals surface area contributed by atoms with Gasteiger partial charge in [0.05, 0.1) is 5.39 Å². The van der Waals surface area contributed by atoms with Gasteiger partial charge < -0.3 is 9.55 Å². The molecule has 3 aromatic heterocycles. The summed E-state index contributed by atoms with van der Waals surface area (Å²) in [5, 5.41) is 1.75. The summed E-state index contributed by atoms with van der Waals surface area (Å²) in [6.07, 6.45) is 8.52. The molecule has 0 bridgehead atoms. The van der Waals surface area contributed by atoms with Crippen LogP contribution in [0.15, 0.2) is 55.2 Å². The zero-order valence-corrected chi connectivity index (χ0v) is 13.4. The Morgan fingerprint density at radius 2 is 2.09 bits per heavy atom. The number of halogens is 1. The average Bonchev–Trinajstić information content (AvgIpc) is 3.23. The number of nitrogens with one attached hydrogen (secondary N) is 1. The molecule has 23 heavy (non-hydrogen) atoms. The van der Waals surface area contributed by atoms with Crippen molar-refractivity contribution in [2.24, 2.45) is 0 Å². The first kappa shape index (κ1) is 14.0. The van der Waals surface area contributed by atoms with E-state index in [2.05, 4.69) is 40.2 Å². The first-order valence-electron chi connectivity index (χ1n) is 7.51. The molecule has 0 atom stereocenters. The van der Waals surface area contributed by atoms with E-state index in [-0.39, 0.29) is 0 Å². The highest BCUT2D eigenvalue weighted by molar-refractivity contribution is 6.30. The molecule has 0 spiro atoms. The van der Waals surface area contributed by atoms with Crippen molar-refractivity contribution < 1.29 is 0 Å². The normalized spacial score (nSPS) is 11.2. The molecule has 3 heterocycles. The van der Waals surface area contributed by atoms with E-state index < -0.39 is 0 Å². The molecule has 4 aromatic rings. The quantitative estimate of drug-likeness (QED) is 0.597. The third-order valence-electron chi connectivity index (χ3n) is 4.03. The fourth-order valence-corrected chi connectivity index (χ4v) is 3.05. The lowest BCUT2D eigenvalue weighted by atomic mass is 10.0. The lowest BCUT2D eigenvalue weighted by molar-refractivity contribution is 1.01. The predicted molar refractivity (Wildman–Crippen MR) is 93.0 cm³/mol. The van der Waals surface area contributed by atoms with Gasteiger partial charge in [-0.3, -0.25) is 0 Å². The van der Waals surface area contributed by atoms with Gasteiger partial charge in [0.1, 0.15) is 17.8 Å². The molecule has 4 rings (SSSR count). The summed E-state index contributed by atoms with van der Waals surface area (Å²) in [4.78, 5) is 11.8. The molecule has 1 N–H and O–H groups in total. The molecule has 1 aromatic carbocycles. The Morgan fingerprint density at radius 3 is 2.96 bits per heavy atom. The predicted octanol–water partition coefficient (Wildman–Crippen LogP) is 4.63. The van der Waals surface area contributed by atoms with Crippen molar-refractivity contribution in [3.05, 3.63) is 65.8 Å². The smallest absolute Gasteiger partial charge is 0.149 e. The molecule has 0 saturated carbocycles. The number of fused-ring (bicyclic) bond motifs is 1. The lowest BCUT2D eigenvalue weighted by Gasteiger charge is -2.07. The van der Waals surface area contributed by atoms with Gasteiger partial charge in [0.25, 0.3) is 0 Å². The van der Waals surface area contributed by atoms with Gasteiger partial charge in [0, 0.05) is 29.2 Å². The van der Waals surface area contributed by atoms with Crippen LogP contribution in [0, 0.1) is 0 Å². The Labute approximate surface area is 138 Å². The lowest BCUT2D eigenvalue weighted by Crippen LogP contribution is -1.95. The third-order valence-corrected chi connectivity index (χ3v) is 4.27. The highest BCUT2D eigenvalue weighted by Crippen LogP contribution is 2.29. The number of H-pyrrole nitrogens is 1. The summed E-state index contributed by atoms with van der Waals surface area (Å²) in [5.74, 6) is 0.863. The summed E-state index contributed by atoms with van der Waals surface area (Å²) in [7, 11) is 0. The fraction of sp³-hybridized carbons (Fsp3) is 0.111. The summed E-state index contributed by atoms with van der Waals surface area (Å²) >= 11 is 6.18. The van der Waals surface area contributed by atoms with E-state index in [0.29, 0.717) is 0 Å². The molecule has 114 valence electrons. The fourth-order valence-electron chi connectivity index (χ4n) is 2.88. The molecular weight excluding hydrogens is 308 g/mol. The molecular formula is C18H15ClN4. The van der Waals surface area contributed by atoms with Gasteiger partial charge in [-0.05, 0) is 41.8 Å². The van der Waals surface area contributed by atoms with Gasteiger partial charge in [0.2, 0.25) is 0 Å². The number of hydrogen-bond acceptors (Lipinski definition) is 2. The molecule has 4 nitrogen and oxygen atoms in total. The number of aromatic amines is 1. The van der Waals surface area contributed by atoms with Gasteiger partial charge in [-0.1, -0.05) is 24.6 Å². The van der Waals surface area contributed by atoms with Crippen molar-refractivity contribution in [2.75, 3.05) is 0 Å². The van der Waals surface area contributed by atoms with Crippen LogP contribution in [-0.2, 0) is 6.42 Å². The van der Waals surface area contributed by atoms with E-state index in [9.17, 15) is 0 Å². The minimum absolute atomic E-state index is 0.750. The van der Waals surface area contributed by atoms with Gasteiger partial charge in [-0.25, -0.2) is 9.97 Å². The van der Waals surface area contributed by atoms with Crippen LogP contribution in [0.2, 0.25) is 5.02 Å². The van der Waals surface area contributed by atoms with E-state index >= 15 is 0 Å². The number of hydrogen-bond donors (Lipinski definition) is 1. The van der Waals surface area contributed by atoms with Gasteiger partial charge >= 0.3 is 0 Å². The highest BCUT2D eigenvalue weighted by atomic mass is 35.5. The topological polar surface area (TPSA) is 46.5 Å². The third kappa shape index (κ3) is 2.41.